The highest BCUT2D eigenvalue weighted by atomic mass is 35.5. The summed E-state index contributed by atoms with van der Waals surface area (Å²) in [7, 11) is 0. The van der Waals surface area contributed by atoms with Gasteiger partial charge in [-0.2, -0.15) is 0 Å². The molecular weight excluding hydrogens is 290 g/mol. The number of halogens is 1. The number of hydrogen-bond acceptors (Lipinski definition) is 2. The van der Waals surface area contributed by atoms with Crippen molar-refractivity contribution in [1.29, 1.82) is 0 Å². The number of aryl methyl sites for hydroxylation is 1. The number of rotatable bonds is 6. The van der Waals surface area contributed by atoms with Crippen LogP contribution in [0.5, 0.6) is 0 Å². The largest absolute Gasteiger partial charge is 0.338 e. The number of anilines is 1. The summed E-state index contributed by atoms with van der Waals surface area (Å²) in [6, 6.07) is 5.08. The van der Waals surface area contributed by atoms with Crippen LogP contribution in [0.1, 0.15) is 18.9 Å². The summed E-state index contributed by atoms with van der Waals surface area (Å²) in [5.41, 5.74) is 2.45. The lowest BCUT2D eigenvalue weighted by atomic mass is 10.2. The zero-order chi connectivity index (χ0) is 15.8. The van der Waals surface area contributed by atoms with Crippen LogP contribution in [0, 0.1) is 6.92 Å². The summed E-state index contributed by atoms with van der Waals surface area (Å²) in [5, 5.41) is 8.41. The standard InChI is InChI=1S/C15H20ClN3O2/c1-10(2)9-18-15(21)17-7-6-14(20)19-13-5-4-11(3)8-12(13)16/h4-5,8H,1,6-7,9H2,2-3H3,(H,19,20)(H2,17,18,21). The monoisotopic (exact) mass is 309 g/mol. The predicted octanol–water partition coefficient (Wildman–Crippen LogP) is 2.85. The Bertz CT molecular complexity index is 544. The molecule has 5 nitrogen and oxygen atoms in total. The van der Waals surface area contributed by atoms with Crippen molar-refractivity contribution in [3.63, 3.8) is 0 Å². The van der Waals surface area contributed by atoms with Crippen molar-refractivity contribution in [2.24, 2.45) is 0 Å². The second-order valence-corrected chi connectivity index (χ2v) is 5.26. The van der Waals surface area contributed by atoms with Crippen molar-refractivity contribution in [1.82, 2.24) is 10.6 Å². The van der Waals surface area contributed by atoms with Crippen LogP contribution in [-0.4, -0.2) is 25.0 Å². The minimum absolute atomic E-state index is 0.171. The van der Waals surface area contributed by atoms with Gasteiger partial charge < -0.3 is 16.0 Å². The number of amides is 3. The summed E-state index contributed by atoms with van der Waals surface area (Å²) < 4.78 is 0. The minimum Gasteiger partial charge on any atom is -0.338 e. The summed E-state index contributed by atoms with van der Waals surface area (Å²) in [6.07, 6.45) is 0.171. The van der Waals surface area contributed by atoms with E-state index in [1.165, 1.54) is 0 Å². The van der Waals surface area contributed by atoms with Gasteiger partial charge >= 0.3 is 6.03 Å². The third kappa shape index (κ3) is 6.81. The molecule has 0 aliphatic rings. The van der Waals surface area contributed by atoms with E-state index in [4.69, 9.17) is 11.6 Å². The molecule has 1 aromatic rings. The van der Waals surface area contributed by atoms with Gasteiger partial charge in [0, 0.05) is 19.5 Å². The molecule has 0 atom stereocenters. The summed E-state index contributed by atoms with van der Waals surface area (Å²) in [6.45, 7) is 8.08. The van der Waals surface area contributed by atoms with Crippen LogP contribution >= 0.6 is 11.6 Å². The van der Waals surface area contributed by atoms with E-state index in [0.29, 0.717) is 17.3 Å². The van der Waals surface area contributed by atoms with Crippen molar-refractivity contribution in [3.8, 4) is 0 Å². The third-order valence-corrected chi connectivity index (χ3v) is 2.90. The van der Waals surface area contributed by atoms with Crippen LogP contribution in [0.4, 0.5) is 10.5 Å². The van der Waals surface area contributed by atoms with Gasteiger partial charge in [-0.3, -0.25) is 4.79 Å². The Morgan fingerprint density at radius 2 is 2.00 bits per heavy atom. The van der Waals surface area contributed by atoms with Crippen molar-refractivity contribution in [3.05, 3.63) is 40.9 Å². The van der Waals surface area contributed by atoms with Crippen molar-refractivity contribution in [2.45, 2.75) is 20.3 Å². The van der Waals surface area contributed by atoms with Crippen molar-refractivity contribution >= 4 is 29.2 Å². The van der Waals surface area contributed by atoms with E-state index in [1.54, 1.807) is 12.1 Å². The summed E-state index contributed by atoms with van der Waals surface area (Å²) in [4.78, 5) is 23.1. The van der Waals surface area contributed by atoms with Crippen LogP contribution in [0.3, 0.4) is 0 Å². The topological polar surface area (TPSA) is 70.2 Å². The minimum atomic E-state index is -0.320. The quantitative estimate of drug-likeness (QED) is 0.707. The Hall–Kier alpha value is -2.01. The molecule has 0 fully saturated rings. The molecule has 0 bridgehead atoms. The van der Waals surface area contributed by atoms with Gasteiger partial charge in [-0.15, -0.1) is 0 Å². The van der Waals surface area contributed by atoms with Gasteiger partial charge in [0.1, 0.15) is 0 Å². The summed E-state index contributed by atoms with van der Waals surface area (Å²) >= 11 is 6.03. The molecule has 0 saturated carbocycles. The van der Waals surface area contributed by atoms with Crippen LogP contribution in [0.15, 0.2) is 30.4 Å². The van der Waals surface area contributed by atoms with Crippen LogP contribution in [0.2, 0.25) is 5.02 Å². The zero-order valence-corrected chi connectivity index (χ0v) is 13.0. The fraction of sp³-hybridized carbons (Fsp3) is 0.333. The molecule has 0 radical (unpaired) electrons. The Morgan fingerprint density at radius 3 is 2.62 bits per heavy atom. The first-order valence-corrected chi connectivity index (χ1v) is 6.98. The van der Waals surface area contributed by atoms with Crippen molar-refractivity contribution < 1.29 is 9.59 Å². The fourth-order valence-corrected chi connectivity index (χ4v) is 1.80. The van der Waals surface area contributed by atoms with E-state index in [0.717, 1.165) is 11.1 Å². The van der Waals surface area contributed by atoms with E-state index in [-0.39, 0.29) is 24.9 Å². The number of nitrogens with one attached hydrogen (secondary N) is 3. The molecule has 0 aliphatic carbocycles. The lowest BCUT2D eigenvalue weighted by molar-refractivity contribution is -0.116. The molecule has 0 spiro atoms. The maximum Gasteiger partial charge on any atom is 0.315 e. The predicted molar refractivity (Wildman–Crippen MR) is 85.7 cm³/mol. The van der Waals surface area contributed by atoms with Gasteiger partial charge in [0.2, 0.25) is 5.91 Å². The molecular formula is C15H20ClN3O2. The molecule has 1 rings (SSSR count). The first kappa shape index (κ1) is 17.0. The number of hydrogen-bond donors (Lipinski definition) is 3. The highest BCUT2D eigenvalue weighted by Crippen LogP contribution is 2.22. The Kier molecular flexibility index (Phi) is 6.75. The highest BCUT2D eigenvalue weighted by Gasteiger charge is 2.07. The molecule has 0 unspecified atom stereocenters. The normalized spacial score (nSPS) is 9.86. The van der Waals surface area contributed by atoms with Gasteiger partial charge in [0.25, 0.3) is 0 Å². The maximum atomic E-state index is 11.7. The van der Waals surface area contributed by atoms with Gasteiger partial charge in [-0.05, 0) is 31.5 Å². The van der Waals surface area contributed by atoms with E-state index >= 15 is 0 Å². The number of carbonyl (C=O) groups is 2. The molecule has 0 aliphatic heterocycles. The van der Waals surface area contributed by atoms with Crippen LogP contribution in [-0.2, 0) is 4.79 Å². The molecule has 6 heteroatoms. The lowest BCUT2D eigenvalue weighted by Gasteiger charge is -2.09. The van der Waals surface area contributed by atoms with Crippen LogP contribution < -0.4 is 16.0 Å². The zero-order valence-electron chi connectivity index (χ0n) is 12.3. The second kappa shape index (κ2) is 8.32. The average Bonchev–Trinajstić information content (AvgIpc) is 2.39. The molecule has 1 aromatic carbocycles. The van der Waals surface area contributed by atoms with E-state index in [2.05, 4.69) is 22.5 Å². The molecule has 3 amide bonds. The maximum absolute atomic E-state index is 11.7. The van der Waals surface area contributed by atoms with Gasteiger partial charge in [-0.25, -0.2) is 4.79 Å². The first-order valence-electron chi connectivity index (χ1n) is 6.60. The van der Waals surface area contributed by atoms with E-state index < -0.39 is 0 Å². The Balaban J connectivity index is 2.31. The van der Waals surface area contributed by atoms with Crippen molar-refractivity contribution in [2.75, 3.05) is 18.4 Å². The van der Waals surface area contributed by atoms with E-state index in [9.17, 15) is 9.59 Å². The molecule has 0 aromatic heterocycles. The van der Waals surface area contributed by atoms with Gasteiger partial charge in [-0.1, -0.05) is 29.8 Å². The average molecular weight is 310 g/mol. The number of carbonyl (C=O) groups excluding carboxylic acids is 2. The fourth-order valence-electron chi connectivity index (χ4n) is 1.52. The number of urea groups is 1. The Labute approximate surface area is 129 Å². The molecule has 114 valence electrons. The summed E-state index contributed by atoms with van der Waals surface area (Å²) in [5.74, 6) is -0.207. The van der Waals surface area contributed by atoms with Gasteiger partial charge in [0.15, 0.2) is 0 Å². The molecule has 0 heterocycles. The molecule has 0 saturated heterocycles. The van der Waals surface area contributed by atoms with Gasteiger partial charge in [0.05, 0.1) is 10.7 Å². The van der Waals surface area contributed by atoms with E-state index in [1.807, 2.05) is 19.9 Å². The molecule has 3 N–H and O–H groups in total. The highest BCUT2D eigenvalue weighted by molar-refractivity contribution is 6.33. The lowest BCUT2D eigenvalue weighted by Crippen LogP contribution is -2.37. The van der Waals surface area contributed by atoms with Crippen LogP contribution in [0.25, 0.3) is 0 Å². The third-order valence-electron chi connectivity index (χ3n) is 2.59. The first-order chi connectivity index (χ1) is 9.88. The SMILES string of the molecule is C=C(C)CNC(=O)NCCC(=O)Nc1ccc(C)cc1Cl. The number of benzene rings is 1. The smallest absolute Gasteiger partial charge is 0.315 e. The Morgan fingerprint density at radius 1 is 1.29 bits per heavy atom. The second-order valence-electron chi connectivity index (χ2n) is 4.85. The molecule has 21 heavy (non-hydrogen) atoms.